The van der Waals surface area contributed by atoms with Gasteiger partial charge in [0.15, 0.2) is 0 Å². The highest BCUT2D eigenvalue weighted by Gasteiger charge is 2.34. The van der Waals surface area contributed by atoms with Crippen molar-refractivity contribution in [2.75, 3.05) is 33.9 Å². The van der Waals surface area contributed by atoms with Crippen LogP contribution in [0.25, 0.3) is 0 Å². The summed E-state index contributed by atoms with van der Waals surface area (Å²) < 4.78 is 10.8. The number of ether oxygens (including phenoxy) is 2. The molecular weight excluding hydrogens is 332 g/mol. The van der Waals surface area contributed by atoms with Gasteiger partial charge >= 0.3 is 0 Å². The number of hydrogen-bond acceptors (Lipinski definition) is 5. The molecule has 0 bridgehead atoms. The molecule has 1 aromatic carbocycles. The first-order chi connectivity index (χ1) is 11.2. The summed E-state index contributed by atoms with van der Waals surface area (Å²) in [6, 6.07) is 3.62. The molecule has 2 N–H and O–H groups in total. The summed E-state index contributed by atoms with van der Waals surface area (Å²) in [6.45, 7) is 2.51. The minimum atomic E-state index is -0.755. The number of aliphatic hydroxyl groups excluding tert-OH is 1. The van der Waals surface area contributed by atoms with E-state index in [1.807, 2.05) is 6.07 Å². The Bertz CT molecular complexity index is 590. The lowest BCUT2D eigenvalue weighted by molar-refractivity contribution is -0.139. The van der Waals surface area contributed by atoms with Gasteiger partial charge in [-0.1, -0.05) is 0 Å². The summed E-state index contributed by atoms with van der Waals surface area (Å²) in [5.41, 5.74) is 1.58. The number of methoxy groups -OCH3 is 2. The average molecular weight is 357 g/mol. The molecule has 24 heavy (non-hydrogen) atoms. The quantitative estimate of drug-likeness (QED) is 0.858. The number of nitrogens with one attached hydrogen (secondary N) is 1. The van der Waals surface area contributed by atoms with Crippen LogP contribution in [0.2, 0.25) is 0 Å². The monoisotopic (exact) mass is 356 g/mol. The lowest BCUT2D eigenvalue weighted by Crippen LogP contribution is -2.44. The van der Waals surface area contributed by atoms with Gasteiger partial charge in [-0.15, -0.1) is 12.4 Å². The molecule has 0 spiro atoms. The number of carbonyl (C=O) groups is 1. The molecule has 7 heteroatoms. The number of carbonyl (C=O) groups excluding carboxylic acids is 1. The van der Waals surface area contributed by atoms with Crippen LogP contribution < -0.4 is 14.8 Å². The Balaban J connectivity index is 0.00000208. The van der Waals surface area contributed by atoms with Crippen molar-refractivity contribution in [3.63, 3.8) is 0 Å². The summed E-state index contributed by atoms with van der Waals surface area (Å²) in [7, 11) is 3.18. The van der Waals surface area contributed by atoms with Crippen LogP contribution in [0, 0.1) is 5.92 Å². The van der Waals surface area contributed by atoms with E-state index >= 15 is 0 Å². The zero-order chi connectivity index (χ0) is 16.4. The number of benzene rings is 1. The minimum absolute atomic E-state index is 0. The first-order valence-electron chi connectivity index (χ1n) is 8.07. The van der Waals surface area contributed by atoms with Crippen molar-refractivity contribution in [1.82, 2.24) is 10.2 Å². The van der Waals surface area contributed by atoms with Gasteiger partial charge in [0.2, 0.25) is 5.91 Å². The number of aliphatic hydroxyl groups is 1. The van der Waals surface area contributed by atoms with Crippen LogP contribution in [0.1, 0.15) is 30.1 Å². The largest absolute Gasteiger partial charge is 0.496 e. The molecule has 0 saturated carbocycles. The van der Waals surface area contributed by atoms with Crippen molar-refractivity contribution in [3.8, 4) is 11.5 Å². The predicted octanol–water partition coefficient (Wildman–Crippen LogP) is 1.50. The van der Waals surface area contributed by atoms with Crippen LogP contribution >= 0.6 is 12.4 Å². The van der Waals surface area contributed by atoms with Crippen molar-refractivity contribution < 1.29 is 19.4 Å². The maximum Gasteiger partial charge on any atom is 0.226 e. The van der Waals surface area contributed by atoms with Crippen molar-refractivity contribution in [3.05, 3.63) is 23.3 Å². The lowest BCUT2D eigenvalue weighted by atomic mass is 9.92. The van der Waals surface area contributed by atoms with E-state index in [0.717, 1.165) is 37.1 Å². The Morgan fingerprint density at radius 2 is 1.83 bits per heavy atom. The number of piperidine rings is 1. The molecule has 2 aliphatic rings. The molecule has 0 aromatic heterocycles. The summed E-state index contributed by atoms with van der Waals surface area (Å²) in [4.78, 5) is 14.5. The van der Waals surface area contributed by atoms with Crippen molar-refractivity contribution >= 4 is 18.3 Å². The molecule has 0 aliphatic carbocycles. The van der Waals surface area contributed by atoms with E-state index in [1.165, 1.54) is 0 Å². The van der Waals surface area contributed by atoms with Crippen LogP contribution in [-0.4, -0.2) is 49.8 Å². The van der Waals surface area contributed by atoms with Gasteiger partial charge in [-0.3, -0.25) is 4.79 Å². The van der Waals surface area contributed by atoms with Crippen LogP contribution in [0.3, 0.4) is 0 Å². The van der Waals surface area contributed by atoms with Crippen LogP contribution in [0.4, 0.5) is 0 Å². The Hall–Kier alpha value is -1.50. The first kappa shape index (κ1) is 18.8. The normalized spacial score (nSPS) is 20.8. The van der Waals surface area contributed by atoms with Gasteiger partial charge in [-0.05, 0) is 38.1 Å². The maximum atomic E-state index is 12.8. The molecule has 2 heterocycles. The van der Waals surface area contributed by atoms with Gasteiger partial charge < -0.3 is 24.8 Å². The van der Waals surface area contributed by atoms with Crippen molar-refractivity contribution in [2.24, 2.45) is 5.92 Å². The van der Waals surface area contributed by atoms with E-state index < -0.39 is 6.10 Å². The summed E-state index contributed by atoms with van der Waals surface area (Å²) >= 11 is 0. The van der Waals surface area contributed by atoms with Gasteiger partial charge in [0.05, 0.1) is 20.8 Å². The molecule has 1 unspecified atom stereocenters. The Morgan fingerprint density at radius 1 is 1.21 bits per heavy atom. The number of β-amino-alcohol motifs (C(OH)–C–C–N with tert-alkyl or cyclic N) is 1. The second kappa shape index (κ2) is 8.05. The number of hydrogen-bond donors (Lipinski definition) is 2. The number of nitrogens with zero attached hydrogens (tertiary/aromatic N) is 1. The fraction of sp³-hybridized carbons (Fsp3) is 0.588. The van der Waals surface area contributed by atoms with Crippen molar-refractivity contribution in [1.29, 1.82) is 0 Å². The molecule has 1 saturated heterocycles. The Morgan fingerprint density at radius 3 is 2.46 bits per heavy atom. The molecule has 3 rings (SSSR count). The van der Waals surface area contributed by atoms with E-state index in [4.69, 9.17) is 9.47 Å². The van der Waals surface area contributed by atoms with Gasteiger partial charge in [-0.25, -0.2) is 0 Å². The molecule has 1 amide bonds. The molecule has 2 aliphatic heterocycles. The number of amides is 1. The zero-order valence-electron chi connectivity index (χ0n) is 14.1. The SMILES string of the molecule is COc1ccc(OC)c2c1CN(C(=O)C1CCNCC1)CC2O.Cl. The fourth-order valence-corrected chi connectivity index (χ4v) is 3.57. The van der Waals surface area contributed by atoms with Gasteiger partial charge in [0, 0.05) is 23.6 Å². The molecule has 0 radical (unpaired) electrons. The van der Waals surface area contributed by atoms with Gasteiger partial charge in [0.1, 0.15) is 17.6 Å². The second-order valence-electron chi connectivity index (χ2n) is 6.12. The maximum absolute atomic E-state index is 12.8. The third-order valence-corrected chi connectivity index (χ3v) is 4.79. The van der Waals surface area contributed by atoms with E-state index in [1.54, 1.807) is 25.2 Å². The van der Waals surface area contributed by atoms with E-state index in [2.05, 4.69) is 5.32 Å². The smallest absolute Gasteiger partial charge is 0.226 e. The van der Waals surface area contributed by atoms with Gasteiger partial charge in [0.25, 0.3) is 0 Å². The average Bonchev–Trinajstić information content (AvgIpc) is 2.60. The molecule has 134 valence electrons. The molecule has 1 atom stereocenters. The van der Waals surface area contributed by atoms with E-state index in [9.17, 15) is 9.90 Å². The number of fused-ring (bicyclic) bond motifs is 1. The molecule has 6 nitrogen and oxygen atoms in total. The lowest BCUT2D eigenvalue weighted by Gasteiger charge is -2.36. The van der Waals surface area contributed by atoms with E-state index in [-0.39, 0.29) is 24.2 Å². The third-order valence-electron chi connectivity index (χ3n) is 4.79. The first-order valence-corrected chi connectivity index (χ1v) is 8.07. The molecule has 1 fully saturated rings. The van der Waals surface area contributed by atoms with Crippen LogP contribution in [0.5, 0.6) is 11.5 Å². The van der Waals surface area contributed by atoms with Crippen LogP contribution in [-0.2, 0) is 11.3 Å². The second-order valence-corrected chi connectivity index (χ2v) is 6.12. The van der Waals surface area contributed by atoms with Crippen LogP contribution in [0.15, 0.2) is 12.1 Å². The number of halogens is 1. The summed E-state index contributed by atoms with van der Waals surface area (Å²) in [6.07, 6.45) is 0.954. The highest BCUT2D eigenvalue weighted by molar-refractivity contribution is 5.85. The highest BCUT2D eigenvalue weighted by atomic mass is 35.5. The summed E-state index contributed by atoms with van der Waals surface area (Å²) in [5.74, 6) is 1.49. The molecular formula is C17H25ClN2O4. The molecule has 1 aromatic rings. The topological polar surface area (TPSA) is 71.0 Å². The highest BCUT2D eigenvalue weighted by Crippen LogP contribution is 2.39. The third kappa shape index (κ3) is 3.45. The van der Waals surface area contributed by atoms with Gasteiger partial charge in [-0.2, -0.15) is 0 Å². The standard InChI is InChI=1S/C17H24N2O4.ClH/c1-22-14-3-4-15(23-2)16-12(14)9-19(10-13(16)20)17(21)11-5-7-18-8-6-11;/h3-4,11,13,18,20H,5-10H2,1-2H3;1H. The Labute approximate surface area is 148 Å². The van der Waals surface area contributed by atoms with Crippen molar-refractivity contribution in [2.45, 2.75) is 25.5 Å². The fourth-order valence-electron chi connectivity index (χ4n) is 3.57. The zero-order valence-corrected chi connectivity index (χ0v) is 14.9. The Kier molecular flexibility index (Phi) is 6.32. The number of rotatable bonds is 3. The summed E-state index contributed by atoms with van der Waals surface area (Å²) in [5, 5.41) is 13.8. The predicted molar refractivity (Wildman–Crippen MR) is 92.8 cm³/mol. The minimum Gasteiger partial charge on any atom is -0.496 e. The van der Waals surface area contributed by atoms with E-state index in [0.29, 0.717) is 24.6 Å².